The molecule has 13 heteroatoms. The SMILES string of the molecule is CC(C)CC(NC(=O)CCC(=O)OC1O[C@H]2OC3(C)CC[C@H]4[C@H](C)CCC(C1C)C24OO3)C(=O)NC(CS)C(=O)O. The molecule has 0 aromatic carbocycles. The van der Waals surface area contributed by atoms with Crippen LogP contribution in [-0.4, -0.2) is 70.7 Å². The van der Waals surface area contributed by atoms with Crippen LogP contribution in [0.2, 0.25) is 0 Å². The molecule has 1 aliphatic carbocycles. The molecule has 41 heavy (non-hydrogen) atoms. The fourth-order valence-corrected chi connectivity index (χ4v) is 7.09. The molecule has 0 radical (unpaired) electrons. The summed E-state index contributed by atoms with van der Waals surface area (Å²) in [6.45, 7) is 9.77. The Hall–Kier alpha value is -1.93. The number of thiol groups is 1. The van der Waals surface area contributed by atoms with E-state index in [2.05, 4.69) is 30.2 Å². The van der Waals surface area contributed by atoms with Gasteiger partial charge in [0.25, 0.3) is 0 Å². The number of hydrogen-bond donors (Lipinski definition) is 4. The minimum Gasteiger partial charge on any atom is -0.480 e. The van der Waals surface area contributed by atoms with Gasteiger partial charge in [-0.05, 0) is 50.4 Å². The third kappa shape index (κ3) is 6.69. The normalized spacial score (nSPS) is 37.3. The lowest BCUT2D eigenvalue weighted by Gasteiger charge is -2.59. The van der Waals surface area contributed by atoms with E-state index >= 15 is 0 Å². The average molecular weight is 601 g/mol. The van der Waals surface area contributed by atoms with E-state index in [1.54, 1.807) is 0 Å². The zero-order valence-corrected chi connectivity index (χ0v) is 25.3. The van der Waals surface area contributed by atoms with Gasteiger partial charge in [0, 0.05) is 30.4 Å². The predicted molar refractivity (Wildman–Crippen MR) is 147 cm³/mol. The van der Waals surface area contributed by atoms with Crippen LogP contribution in [0, 0.1) is 29.6 Å². The second-order valence-electron chi connectivity index (χ2n) is 12.6. The number of hydrogen-bond acceptors (Lipinski definition) is 10. The van der Waals surface area contributed by atoms with Crippen molar-refractivity contribution in [3.8, 4) is 0 Å². The number of amides is 2. The summed E-state index contributed by atoms with van der Waals surface area (Å²) in [6, 6.07) is -2.13. The topological polar surface area (TPSA) is 159 Å². The summed E-state index contributed by atoms with van der Waals surface area (Å²) in [5, 5.41) is 14.2. The fourth-order valence-electron chi connectivity index (χ4n) is 6.84. The lowest BCUT2D eigenvalue weighted by Crippen LogP contribution is -2.70. The Balaban J connectivity index is 1.35. The largest absolute Gasteiger partial charge is 0.480 e. The van der Waals surface area contributed by atoms with Gasteiger partial charge in [0.15, 0.2) is 11.9 Å². The van der Waals surface area contributed by atoms with E-state index in [1.165, 1.54) is 0 Å². The van der Waals surface area contributed by atoms with Crippen molar-refractivity contribution in [2.75, 3.05) is 5.75 Å². The van der Waals surface area contributed by atoms with Crippen LogP contribution < -0.4 is 10.6 Å². The lowest BCUT2D eigenvalue weighted by atomic mass is 9.58. The molecule has 1 spiro atoms. The average Bonchev–Trinajstić information content (AvgIpc) is 3.13. The molecule has 1 saturated carbocycles. The monoisotopic (exact) mass is 600 g/mol. The number of carbonyl (C=O) groups excluding carboxylic acids is 3. The zero-order valence-electron chi connectivity index (χ0n) is 24.4. The van der Waals surface area contributed by atoms with Crippen LogP contribution in [0.25, 0.3) is 0 Å². The Kier molecular flexibility index (Phi) is 9.94. The number of nitrogens with one attached hydrogen (secondary N) is 2. The molecular formula is C28H44N2O10S. The van der Waals surface area contributed by atoms with Crippen molar-refractivity contribution in [1.29, 1.82) is 0 Å². The first-order chi connectivity index (χ1) is 19.3. The second-order valence-corrected chi connectivity index (χ2v) is 13.0. The van der Waals surface area contributed by atoms with Crippen LogP contribution >= 0.6 is 12.6 Å². The first-order valence-electron chi connectivity index (χ1n) is 14.6. The molecule has 4 heterocycles. The van der Waals surface area contributed by atoms with Gasteiger partial charge in [-0.2, -0.15) is 12.6 Å². The second kappa shape index (κ2) is 12.7. The van der Waals surface area contributed by atoms with Gasteiger partial charge in [-0.1, -0.05) is 27.7 Å². The van der Waals surface area contributed by atoms with E-state index in [0.29, 0.717) is 18.8 Å². The maximum Gasteiger partial charge on any atom is 0.327 e. The van der Waals surface area contributed by atoms with E-state index in [1.807, 2.05) is 27.7 Å². The van der Waals surface area contributed by atoms with Crippen molar-refractivity contribution in [3.63, 3.8) is 0 Å². The van der Waals surface area contributed by atoms with E-state index in [9.17, 15) is 24.3 Å². The molecular weight excluding hydrogens is 556 g/mol. The number of esters is 1. The highest BCUT2D eigenvalue weighted by Crippen LogP contribution is 2.60. The van der Waals surface area contributed by atoms with Crippen molar-refractivity contribution in [1.82, 2.24) is 10.6 Å². The number of carbonyl (C=O) groups is 4. The summed E-state index contributed by atoms with van der Waals surface area (Å²) in [4.78, 5) is 61.4. The number of rotatable bonds is 11. The first kappa shape index (κ1) is 32.0. The molecule has 4 saturated heterocycles. The number of carboxylic acid groups (broad SMARTS) is 1. The highest BCUT2D eigenvalue weighted by Gasteiger charge is 2.69. The van der Waals surface area contributed by atoms with Gasteiger partial charge in [0.05, 0.1) is 6.42 Å². The quantitative estimate of drug-likeness (QED) is 0.158. The molecule has 2 bridgehead atoms. The molecule has 5 fully saturated rings. The predicted octanol–water partition coefficient (Wildman–Crippen LogP) is 2.55. The Bertz CT molecular complexity index is 1010. The molecule has 5 rings (SSSR count). The van der Waals surface area contributed by atoms with Crippen molar-refractivity contribution in [2.45, 2.75) is 116 Å². The van der Waals surface area contributed by atoms with Crippen molar-refractivity contribution >= 4 is 36.4 Å². The van der Waals surface area contributed by atoms with Gasteiger partial charge >= 0.3 is 11.9 Å². The first-order valence-corrected chi connectivity index (χ1v) is 15.3. The summed E-state index contributed by atoms with van der Waals surface area (Å²) in [6.07, 6.45) is 1.67. The third-order valence-electron chi connectivity index (χ3n) is 9.06. The minimum atomic E-state index is -1.22. The van der Waals surface area contributed by atoms with Crippen LogP contribution in [0.15, 0.2) is 0 Å². The zero-order chi connectivity index (χ0) is 30.1. The highest BCUT2D eigenvalue weighted by molar-refractivity contribution is 7.80. The Morgan fingerprint density at radius 3 is 2.41 bits per heavy atom. The lowest BCUT2D eigenvalue weighted by molar-refractivity contribution is -0.576. The molecule has 5 aliphatic rings. The van der Waals surface area contributed by atoms with Crippen LogP contribution in [0.4, 0.5) is 0 Å². The molecule has 12 nitrogen and oxygen atoms in total. The number of fused-ring (bicyclic) bond motifs is 2. The van der Waals surface area contributed by atoms with Gasteiger partial charge in [0.1, 0.15) is 12.1 Å². The van der Waals surface area contributed by atoms with Gasteiger partial charge in [-0.25, -0.2) is 14.6 Å². The maximum atomic E-state index is 12.9. The van der Waals surface area contributed by atoms with E-state index in [0.717, 1.165) is 19.3 Å². The molecule has 2 amide bonds. The van der Waals surface area contributed by atoms with Gasteiger partial charge in [0.2, 0.25) is 23.9 Å². The standard InChI is InChI=1S/C28H44N2O10S/c1-14(2)12-19(23(33)30-20(13-41)24(34)35)29-21(31)8-9-22(32)36-25-16(4)18-7-6-15(3)17-10-11-27(5)38-26(37-25)28(17,18)40-39-27/h14-20,25-26,41H,6-13H2,1-5H3,(H,29,31)(H,30,33)(H,34,35)/t15-,16?,17+,18?,19?,20?,25?,26+,27?,28?/m1/s1. The van der Waals surface area contributed by atoms with Crippen LogP contribution in [0.3, 0.4) is 0 Å². The molecule has 4 aliphatic heterocycles. The maximum absolute atomic E-state index is 12.9. The highest BCUT2D eigenvalue weighted by atomic mass is 32.1. The van der Waals surface area contributed by atoms with Gasteiger partial charge in [-0.15, -0.1) is 0 Å². The van der Waals surface area contributed by atoms with Crippen molar-refractivity contribution < 1.29 is 48.3 Å². The summed E-state index contributed by atoms with van der Waals surface area (Å²) in [5.41, 5.74) is -0.769. The van der Waals surface area contributed by atoms with Gasteiger partial charge < -0.3 is 30.0 Å². The van der Waals surface area contributed by atoms with Gasteiger partial charge in [-0.3, -0.25) is 14.4 Å². The van der Waals surface area contributed by atoms with E-state index < -0.39 is 59.8 Å². The number of ether oxygens (including phenoxy) is 3. The van der Waals surface area contributed by atoms with E-state index in [4.69, 9.17) is 24.0 Å². The van der Waals surface area contributed by atoms with Crippen LogP contribution in [-0.2, 0) is 43.2 Å². The fraction of sp³-hybridized carbons (Fsp3) is 0.857. The third-order valence-corrected chi connectivity index (χ3v) is 9.42. The summed E-state index contributed by atoms with van der Waals surface area (Å²) in [7, 11) is 0. The molecule has 0 aromatic heterocycles. The minimum absolute atomic E-state index is 0.00612. The molecule has 3 N–H and O–H groups in total. The summed E-state index contributed by atoms with van der Waals surface area (Å²) < 4.78 is 18.3. The molecule has 10 atom stereocenters. The smallest absolute Gasteiger partial charge is 0.327 e. The summed E-state index contributed by atoms with van der Waals surface area (Å²) >= 11 is 3.96. The van der Waals surface area contributed by atoms with Crippen molar-refractivity contribution in [2.24, 2.45) is 29.6 Å². The Labute approximate surface area is 246 Å². The summed E-state index contributed by atoms with van der Waals surface area (Å²) in [5.74, 6) is -3.57. The Morgan fingerprint density at radius 1 is 1.02 bits per heavy atom. The van der Waals surface area contributed by atoms with Crippen molar-refractivity contribution in [3.05, 3.63) is 0 Å². The van der Waals surface area contributed by atoms with Crippen LogP contribution in [0.5, 0.6) is 0 Å². The van der Waals surface area contributed by atoms with Crippen LogP contribution in [0.1, 0.15) is 79.6 Å². The molecule has 232 valence electrons. The molecule has 7 unspecified atom stereocenters. The van der Waals surface area contributed by atoms with E-state index in [-0.39, 0.29) is 42.3 Å². The molecule has 0 aromatic rings. The number of carboxylic acids is 1. The number of aliphatic carboxylic acids is 1. The Morgan fingerprint density at radius 2 is 1.76 bits per heavy atom.